The summed E-state index contributed by atoms with van der Waals surface area (Å²) in [5.41, 5.74) is 7.43. The number of anilines is 2. The van der Waals surface area contributed by atoms with Crippen molar-refractivity contribution < 1.29 is 9.59 Å². The lowest BCUT2D eigenvalue weighted by Gasteiger charge is -2.32. The Bertz CT molecular complexity index is 1320. The van der Waals surface area contributed by atoms with Gasteiger partial charge in [0.15, 0.2) is 5.78 Å². The molecule has 0 unspecified atom stereocenters. The maximum atomic E-state index is 13.2. The molecule has 3 aromatic rings. The average Bonchev–Trinajstić information content (AvgIpc) is 3.23. The topological polar surface area (TPSA) is 55.9 Å². The van der Waals surface area contributed by atoms with Gasteiger partial charge in [-0.2, -0.15) is 0 Å². The molecular formula is C31H34N4O2. The molecule has 6 nitrogen and oxygen atoms in total. The predicted octanol–water partition coefficient (Wildman–Crippen LogP) is 4.31. The van der Waals surface area contributed by atoms with E-state index in [1.165, 1.54) is 0 Å². The van der Waals surface area contributed by atoms with Crippen molar-refractivity contribution >= 4 is 34.3 Å². The number of rotatable bonds is 6. The van der Waals surface area contributed by atoms with Crippen molar-refractivity contribution in [2.75, 3.05) is 57.0 Å². The average molecular weight is 495 g/mol. The summed E-state index contributed by atoms with van der Waals surface area (Å²) in [5, 5.41) is 3.53. The summed E-state index contributed by atoms with van der Waals surface area (Å²) in [4.78, 5) is 32.3. The van der Waals surface area contributed by atoms with E-state index in [2.05, 4.69) is 47.3 Å². The van der Waals surface area contributed by atoms with Crippen molar-refractivity contribution in [3.8, 4) is 0 Å². The van der Waals surface area contributed by atoms with Gasteiger partial charge in [0, 0.05) is 56.6 Å². The molecule has 0 spiro atoms. The van der Waals surface area contributed by atoms with E-state index in [4.69, 9.17) is 0 Å². The van der Waals surface area contributed by atoms with Crippen LogP contribution in [0.25, 0.3) is 11.3 Å². The van der Waals surface area contributed by atoms with Gasteiger partial charge in [-0.1, -0.05) is 54.1 Å². The van der Waals surface area contributed by atoms with Crippen LogP contribution in [0.4, 0.5) is 11.4 Å². The van der Waals surface area contributed by atoms with Crippen LogP contribution in [0.2, 0.25) is 0 Å². The molecule has 3 aromatic carbocycles. The first-order valence-electron chi connectivity index (χ1n) is 12.9. The molecule has 1 amide bonds. The first kappa shape index (κ1) is 24.9. The Balaban J connectivity index is 1.38. The molecule has 37 heavy (non-hydrogen) atoms. The van der Waals surface area contributed by atoms with Gasteiger partial charge in [-0.25, -0.2) is 0 Å². The molecule has 1 saturated heterocycles. The van der Waals surface area contributed by atoms with E-state index < -0.39 is 0 Å². The smallest absolute Gasteiger partial charge is 0.240 e. The highest BCUT2D eigenvalue weighted by Crippen LogP contribution is 2.36. The van der Waals surface area contributed by atoms with Gasteiger partial charge in [-0.3, -0.25) is 14.5 Å². The van der Waals surface area contributed by atoms with Crippen LogP contribution in [0.3, 0.4) is 0 Å². The number of hydrogen-bond donors (Lipinski definition) is 1. The van der Waals surface area contributed by atoms with Gasteiger partial charge in [-0.15, -0.1) is 0 Å². The fraction of sp³-hybridized carbons (Fsp3) is 0.290. The fourth-order valence-electron chi connectivity index (χ4n) is 5.04. The van der Waals surface area contributed by atoms with Crippen LogP contribution >= 0.6 is 0 Å². The fourth-order valence-corrected chi connectivity index (χ4v) is 5.04. The minimum atomic E-state index is 0.0841. The van der Waals surface area contributed by atoms with Crippen molar-refractivity contribution in [2.45, 2.75) is 13.3 Å². The Hall–Kier alpha value is -3.74. The number of hydrogen-bond acceptors (Lipinski definition) is 5. The number of piperazine rings is 1. The molecule has 0 saturated carbocycles. The molecular weight excluding hydrogens is 460 g/mol. The maximum absolute atomic E-state index is 13.2. The number of ketones is 1. The Morgan fingerprint density at radius 2 is 1.65 bits per heavy atom. The molecule has 0 radical (unpaired) electrons. The van der Waals surface area contributed by atoms with Crippen molar-refractivity contribution in [3.63, 3.8) is 0 Å². The molecule has 1 heterocycles. The summed E-state index contributed by atoms with van der Waals surface area (Å²) in [6.07, 6.45) is 0.420. The third-order valence-corrected chi connectivity index (χ3v) is 7.33. The van der Waals surface area contributed by atoms with Gasteiger partial charge in [0.25, 0.3) is 0 Å². The van der Waals surface area contributed by atoms with E-state index in [1.807, 2.05) is 61.6 Å². The van der Waals surface area contributed by atoms with Gasteiger partial charge < -0.3 is 15.1 Å². The number of nitrogens with one attached hydrogen (secondary N) is 1. The molecule has 6 heteroatoms. The largest absolute Gasteiger partial charge is 0.354 e. The monoisotopic (exact) mass is 494 g/mol. The second kappa shape index (κ2) is 10.7. The minimum absolute atomic E-state index is 0.0841. The molecule has 1 fully saturated rings. The van der Waals surface area contributed by atoms with Gasteiger partial charge in [-0.05, 0) is 54.9 Å². The van der Waals surface area contributed by atoms with E-state index in [-0.39, 0.29) is 11.7 Å². The Morgan fingerprint density at radius 3 is 2.35 bits per heavy atom. The highest BCUT2D eigenvalue weighted by molar-refractivity contribution is 6.32. The number of carbonyl (C=O) groups is 2. The van der Waals surface area contributed by atoms with Crippen LogP contribution in [-0.4, -0.2) is 68.3 Å². The molecule has 0 aromatic heterocycles. The summed E-state index contributed by atoms with van der Waals surface area (Å²) in [6, 6.07) is 24.0. The zero-order valence-corrected chi connectivity index (χ0v) is 21.8. The lowest BCUT2D eigenvalue weighted by Crippen LogP contribution is -2.48. The number of benzene rings is 3. The standard InChI is InChI=1S/C31H34N4O2/c1-22-9-14-27-24(19-22)20-28(36)30(27)31(23-7-5-4-6-8-23)32-25-10-12-26(13-11-25)34(3)29(37)21-35-17-15-33(2)16-18-35/h4-14,19,32H,15-18,20-21H2,1-3H3/b31-30-. The first-order chi connectivity index (χ1) is 17.9. The van der Waals surface area contributed by atoms with E-state index in [1.54, 1.807) is 4.90 Å². The Labute approximate surface area is 219 Å². The molecule has 5 rings (SSSR count). The number of aryl methyl sites for hydroxylation is 1. The predicted molar refractivity (Wildman–Crippen MR) is 151 cm³/mol. The summed E-state index contributed by atoms with van der Waals surface area (Å²) in [7, 11) is 3.94. The third-order valence-electron chi connectivity index (χ3n) is 7.33. The van der Waals surface area contributed by atoms with Gasteiger partial charge >= 0.3 is 0 Å². The summed E-state index contributed by atoms with van der Waals surface area (Å²) in [5.74, 6) is 0.207. The number of amides is 1. The van der Waals surface area contributed by atoms with Crippen LogP contribution in [0.1, 0.15) is 22.3 Å². The van der Waals surface area contributed by atoms with E-state index in [9.17, 15) is 9.59 Å². The van der Waals surface area contributed by atoms with Crippen molar-refractivity contribution in [3.05, 3.63) is 95.1 Å². The summed E-state index contributed by atoms with van der Waals surface area (Å²) in [6.45, 7) is 6.29. The molecule has 1 aliphatic heterocycles. The number of likely N-dealkylation sites (N-methyl/N-ethyl adjacent to an activating group) is 2. The highest BCUT2D eigenvalue weighted by atomic mass is 16.2. The second-order valence-electron chi connectivity index (χ2n) is 10.1. The number of nitrogens with zero attached hydrogens (tertiary/aromatic N) is 3. The van der Waals surface area contributed by atoms with Crippen LogP contribution in [0.5, 0.6) is 0 Å². The zero-order valence-electron chi connectivity index (χ0n) is 21.8. The van der Waals surface area contributed by atoms with Gasteiger partial charge in [0.1, 0.15) is 0 Å². The van der Waals surface area contributed by atoms with E-state index >= 15 is 0 Å². The molecule has 0 bridgehead atoms. The summed E-state index contributed by atoms with van der Waals surface area (Å²) >= 11 is 0. The molecule has 0 atom stereocenters. The number of carbonyl (C=O) groups excluding carboxylic acids is 2. The zero-order chi connectivity index (χ0) is 25.9. The lowest BCUT2D eigenvalue weighted by atomic mass is 9.99. The third kappa shape index (κ3) is 5.50. The lowest BCUT2D eigenvalue weighted by molar-refractivity contribution is -0.119. The van der Waals surface area contributed by atoms with E-state index in [0.29, 0.717) is 13.0 Å². The van der Waals surface area contributed by atoms with Crippen LogP contribution < -0.4 is 10.2 Å². The summed E-state index contributed by atoms with van der Waals surface area (Å²) < 4.78 is 0. The van der Waals surface area contributed by atoms with Crippen molar-refractivity contribution in [1.82, 2.24) is 9.80 Å². The Morgan fingerprint density at radius 1 is 0.946 bits per heavy atom. The van der Waals surface area contributed by atoms with Crippen molar-refractivity contribution in [1.29, 1.82) is 0 Å². The first-order valence-corrected chi connectivity index (χ1v) is 12.9. The number of allylic oxidation sites excluding steroid dienone is 1. The maximum Gasteiger partial charge on any atom is 0.240 e. The number of fused-ring (bicyclic) bond motifs is 1. The SMILES string of the molecule is Cc1ccc2c(c1)CC(=O)/C2=C(\Nc1ccc(N(C)C(=O)CN2CCN(C)CC2)cc1)c1ccccc1. The van der Waals surface area contributed by atoms with E-state index in [0.717, 1.165) is 71.1 Å². The molecule has 2 aliphatic rings. The van der Waals surface area contributed by atoms with Gasteiger partial charge in [0.05, 0.1) is 12.2 Å². The molecule has 190 valence electrons. The molecule has 1 N–H and O–H groups in total. The Kier molecular flexibility index (Phi) is 7.22. The van der Waals surface area contributed by atoms with Crippen LogP contribution in [0.15, 0.2) is 72.8 Å². The number of Topliss-reactive ketones (excluding diaryl/α,β-unsaturated/α-hetero) is 1. The van der Waals surface area contributed by atoms with Crippen molar-refractivity contribution in [2.24, 2.45) is 0 Å². The normalized spacial score (nSPS) is 17.4. The van der Waals surface area contributed by atoms with Crippen LogP contribution in [-0.2, 0) is 16.0 Å². The highest BCUT2D eigenvalue weighted by Gasteiger charge is 2.28. The molecule has 1 aliphatic carbocycles. The quantitative estimate of drug-likeness (QED) is 0.518. The minimum Gasteiger partial charge on any atom is -0.354 e. The van der Waals surface area contributed by atoms with Gasteiger partial charge in [0.2, 0.25) is 5.91 Å². The van der Waals surface area contributed by atoms with Crippen LogP contribution in [0, 0.1) is 6.92 Å². The second-order valence-corrected chi connectivity index (χ2v) is 10.1.